The molecule has 0 unspecified atom stereocenters. The molecule has 0 aliphatic rings. The molecule has 0 fully saturated rings. The predicted octanol–water partition coefficient (Wildman–Crippen LogP) is 3.20. The molecule has 0 aliphatic heterocycles. The van der Waals surface area contributed by atoms with E-state index in [0.717, 1.165) is 11.3 Å². The van der Waals surface area contributed by atoms with Crippen molar-refractivity contribution >= 4 is 18.1 Å². The molecule has 0 saturated carbocycles. The molecule has 0 aliphatic carbocycles. The molecule has 0 heterocycles. The number of hydrogen-bond acceptors (Lipinski definition) is 4. The first-order chi connectivity index (χ1) is 12.2. The van der Waals surface area contributed by atoms with Gasteiger partial charge in [-0.05, 0) is 22.8 Å². The van der Waals surface area contributed by atoms with E-state index in [9.17, 15) is 10.2 Å². The Bertz CT molecular complexity index is 923. The van der Waals surface area contributed by atoms with Crippen molar-refractivity contribution in [2.75, 3.05) is 0 Å². The molecule has 0 amide bonds. The minimum Gasteiger partial charge on any atom is -0.872 e. The number of para-hydroxylation sites is 3. The van der Waals surface area contributed by atoms with Crippen molar-refractivity contribution in [3.63, 3.8) is 0 Å². The number of aliphatic imine (C=N–C) groups is 2. The molecular formula is C21H16CuN2O2. The average Bonchev–Trinajstić information content (AvgIpc) is 2.64. The smallest absolute Gasteiger partial charge is 0.872 e. The van der Waals surface area contributed by atoms with Gasteiger partial charge in [-0.25, -0.2) is 0 Å². The molecule has 5 heteroatoms. The Hall–Kier alpha value is -2.88. The normalized spacial score (nSPS) is 10.9. The molecule has 133 valence electrons. The first-order valence-electron chi connectivity index (χ1n) is 7.88. The van der Waals surface area contributed by atoms with Crippen LogP contribution >= 0.6 is 0 Å². The Morgan fingerprint density at radius 2 is 1.23 bits per heavy atom. The van der Waals surface area contributed by atoms with Crippen molar-refractivity contribution in [1.82, 2.24) is 0 Å². The number of benzene rings is 3. The zero-order valence-electron chi connectivity index (χ0n) is 13.8. The molecule has 0 aromatic heterocycles. The van der Waals surface area contributed by atoms with Crippen molar-refractivity contribution in [1.29, 1.82) is 0 Å². The zero-order valence-corrected chi connectivity index (χ0v) is 14.7. The number of hydrogen-bond donors (Lipinski definition) is 0. The SMILES string of the molecule is [Cu+2].[O-]c1ccccc1C=NCc1ccccc1N=Cc1ccccc1[O-]. The fourth-order valence-electron chi connectivity index (χ4n) is 2.33. The second-order valence-corrected chi connectivity index (χ2v) is 5.43. The zero-order chi connectivity index (χ0) is 17.5. The van der Waals surface area contributed by atoms with E-state index in [2.05, 4.69) is 9.98 Å². The van der Waals surface area contributed by atoms with Crippen molar-refractivity contribution in [3.05, 3.63) is 89.5 Å². The maximum Gasteiger partial charge on any atom is 2.00 e. The van der Waals surface area contributed by atoms with Crippen LogP contribution in [-0.4, -0.2) is 12.4 Å². The van der Waals surface area contributed by atoms with Crippen LogP contribution in [0.3, 0.4) is 0 Å². The van der Waals surface area contributed by atoms with E-state index in [0.29, 0.717) is 17.7 Å². The molecule has 26 heavy (non-hydrogen) atoms. The summed E-state index contributed by atoms with van der Waals surface area (Å²) in [5, 5.41) is 23.4. The Kier molecular flexibility index (Phi) is 7.15. The summed E-state index contributed by atoms with van der Waals surface area (Å²) < 4.78 is 0. The molecule has 0 bridgehead atoms. The van der Waals surface area contributed by atoms with Crippen molar-refractivity contribution in [2.45, 2.75) is 6.54 Å². The summed E-state index contributed by atoms with van der Waals surface area (Å²) in [5.41, 5.74) is 2.77. The molecule has 0 saturated heterocycles. The molecule has 3 aromatic carbocycles. The topological polar surface area (TPSA) is 70.8 Å². The summed E-state index contributed by atoms with van der Waals surface area (Å²) in [7, 11) is 0. The summed E-state index contributed by atoms with van der Waals surface area (Å²) in [6.07, 6.45) is 3.15. The molecule has 0 atom stereocenters. The third-order valence-corrected chi connectivity index (χ3v) is 3.66. The van der Waals surface area contributed by atoms with Crippen LogP contribution in [-0.2, 0) is 23.6 Å². The standard InChI is InChI=1S/C21H18N2O2.Cu/c24-20-11-5-2-8-17(20)14-22-13-16-7-1-4-10-19(16)23-15-18-9-3-6-12-21(18)25;/h1-12,14-15,24-25H,13H2;/q;+2/p-2. The van der Waals surface area contributed by atoms with Crippen molar-refractivity contribution in [2.24, 2.45) is 9.98 Å². The van der Waals surface area contributed by atoms with Gasteiger partial charge in [0.05, 0.1) is 12.2 Å². The van der Waals surface area contributed by atoms with Crippen LogP contribution in [0.15, 0.2) is 82.8 Å². The van der Waals surface area contributed by atoms with Gasteiger partial charge >= 0.3 is 17.1 Å². The fourth-order valence-corrected chi connectivity index (χ4v) is 2.33. The molecule has 4 nitrogen and oxygen atoms in total. The number of rotatable bonds is 5. The maximum absolute atomic E-state index is 11.7. The van der Waals surface area contributed by atoms with E-state index in [1.807, 2.05) is 24.3 Å². The van der Waals surface area contributed by atoms with Gasteiger partial charge in [-0.15, -0.1) is 11.5 Å². The second kappa shape index (κ2) is 9.56. The Morgan fingerprint density at radius 3 is 1.88 bits per heavy atom. The molecule has 3 aromatic rings. The first kappa shape index (κ1) is 19.4. The first-order valence-corrected chi connectivity index (χ1v) is 7.88. The Morgan fingerprint density at radius 1 is 0.692 bits per heavy atom. The van der Waals surface area contributed by atoms with E-state index in [1.165, 1.54) is 12.1 Å². The van der Waals surface area contributed by atoms with E-state index in [-0.39, 0.29) is 28.6 Å². The Labute approximate surface area is 163 Å². The maximum atomic E-state index is 11.7. The largest absolute Gasteiger partial charge is 2.00 e. The summed E-state index contributed by atoms with van der Waals surface area (Å²) >= 11 is 0. The van der Waals surface area contributed by atoms with Gasteiger partial charge in [0.2, 0.25) is 0 Å². The van der Waals surface area contributed by atoms with Gasteiger partial charge in [0.25, 0.3) is 0 Å². The van der Waals surface area contributed by atoms with E-state index in [4.69, 9.17) is 0 Å². The minimum absolute atomic E-state index is 0. The van der Waals surface area contributed by atoms with Crippen LogP contribution in [0.5, 0.6) is 11.5 Å². The van der Waals surface area contributed by atoms with Gasteiger partial charge in [-0.3, -0.25) is 9.98 Å². The molecule has 1 radical (unpaired) electrons. The van der Waals surface area contributed by atoms with Crippen LogP contribution in [0.2, 0.25) is 0 Å². The monoisotopic (exact) mass is 391 g/mol. The molecule has 3 rings (SSSR count). The van der Waals surface area contributed by atoms with Crippen LogP contribution in [0.25, 0.3) is 0 Å². The molecule has 0 spiro atoms. The molecular weight excluding hydrogens is 376 g/mol. The predicted molar refractivity (Wildman–Crippen MR) is 96.8 cm³/mol. The van der Waals surface area contributed by atoms with Crippen molar-refractivity contribution in [3.8, 4) is 11.5 Å². The second-order valence-electron chi connectivity index (χ2n) is 5.43. The van der Waals surface area contributed by atoms with Gasteiger partial charge < -0.3 is 10.2 Å². The van der Waals surface area contributed by atoms with Gasteiger partial charge in [0, 0.05) is 12.4 Å². The van der Waals surface area contributed by atoms with Crippen LogP contribution in [0.4, 0.5) is 5.69 Å². The summed E-state index contributed by atoms with van der Waals surface area (Å²) in [5.74, 6) is -0.113. The fraction of sp³-hybridized carbons (Fsp3) is 0.0476. The quantitative estimate of drug-likeness (QED) is 0.495. The van der Waals surface area contributed by atoms with Crippen LogP contribution < -0.4 is 10.2 Å². The van der Waals surface area contributed by atoms with E-state index in [1.54, 1.807) is 48.8 Å². The van der Waals surface area contributed by atoms with Gasteiger partial charge in [0.1, 0.15) is 0 Å². The van der Waals surface area contributed by atoms with E-state index < -0.39 is 0 Å². The summed E-state index contributed by atoms with van der Waals surface area (Å²) in [6, 6.07) is 21.1. The third-order valence-electron chi connectivity index (χ3n) is 3.66. The van der Waals surface area contributed by atoms with Gasteiger partial charge in [-0.2, -0.15) is 0 Å². The van der Waals surface area contributed by atoms with E-state index >= 15 is 0 Å². The van der Waals surface area contributed by atoms with Crippen molar-refractivity contribution < 1.29 is 27.3 Å². The number of nitrogens with zero attached hydrogens (tertiary/aromatic N) is 2. The summed E-state index contributed by atoms with van der Waals surface area (Å²) in [6.45, 7) is 0.404. The van der Waals surface area contributed by atoms with Gasteiger partial charge in [-0.1, -0.05) is 66.7 Å². The van der Waals surface area contributed by atoms with Crippen LogP contribution in [0.1, 0.15) is 16.7 Å². The molecule has 0 N–H and O–H groups in total. The average molecular weight is 392 g/mol. The van der Waals surface area contributed by atoms with Crippen LogP contribution in [0, 0.1) is 0 Å². The van der Waals surface area contributed by atoms with Gasteiger partial charge in [0.15, 0.2) is 0 Å². The Balaban J connectivity index is 0.00000243. The third kappa shape index (κ3) is 5.06. The minimum atomic E-state index is -0.0613. The summed E-state index contributed by atoms with van der Waals surface area (Å²) in [4.78, 5) is 8.77.